The maximum absolute atomic E-state index is 5.61. The van der Waals surface area contributed by atoms with Gasteiger partial charge in [-0.05, 0) is 26.2 Å². The Balaban J connectivity index is 2.40. The Morgan fingerprint density at radius 1 is 1.58 bits per heavy atom. The second-order valence-electron chi connectivity index (χ2n) is 3.66. The van der Waals surface area contributed by atoms with E-state index in [1.165, 1.54) is 12.8 Å². The fourth-order valence-electron chi connectivity index (χ4n) is 1.73. The van der Waals surface area contributed by atoms with Crippen molar-refractivity contribution < 1.29 is 4.52 Å². The number of aromatic nitrogens is 1. The van der Waals surface area contributed by atoms with Crippen molar-refractivity contribution in [1.82, 2.24) is 5.16 Å². The van der Waals surface area contributed by atoms with E-state index in [0.29, 0.717) is 5.82 Å². The summed E-state index contributed by atoms with van der Waals surface area (Å²) in [4.78, 5) is 0. The van der Waals surface area contributed by atoms with Gasteiger partial charge >= 0.3 is 0 Å². The molecule has 0 bridgehead atoms. The van der Waals surface area contributed by atoms with Crippen LogP contribution in [0.5, 0.6) is 0 Å². The molecule has 1 aliphatic rings. The molecule has 3 heteroatoms. The van der Waals surface area contributed by atoms with E-state index in [4.69, 9.17) is 10.3 Å². The molecule has 0 aromatic carbocycles. The number of nitrogen functional groups attached to an aromatic ring is 1. The van der Waals surface area contributed by atoms with Gasteiger partial charge in [0.1, 0.15) is 5.76 Å². The Bertz CT molecular complexity index is 299. The summed E-state index contributed by atoms with van der Waals surface area (Å²) in [5, 5.41) is 3.77. The topological polar surface area (TPSA) is 52.0 Å². The first kappa shape index (κ1) is 7.65. The maximum Gasteiger partial charge on any atom is 0.170 e. The van der Waals surface area contributed by atoms with Crippen molar-refractivity contribution in [3.8, 4) is 0 Å². The van der Waals surface area contributed by atoms with Gasteiger partial charge in [0, 0.05) is 11.0 Å². The number of nitrogens with zero attached hydrogens (tertiary/aromatic N) is 1. The molecule has 66 valence electrons. The molecule has 2 rings (SSSR count). The summed E-state index contributed by atoms with van der Waals surface area (Å²) in [5.74, 6) is 1.56. The molecule has 0 amide bonds. The molecule has 1 aromatic rings. The quantitative estimate of drug-likeness (QED) is 0.731. The lowest BCUT2D eigenvalue weighted by atomic mass is 9.97. The largest absolute Gasteiger partial charge is 0.381 e. The monoisotopic (exact) mass is 166 g/mol. The summed E-state index contributed by atoms with van der Waals surface area (Å²) in [6.07, 6.45) is 3.57. The van der Waals surface area contributed by atoms with Crippen LogP contribution in [0.2, 0.25) is 0 Å². The minimum Gasteiger partial charge on any atom is -0.381 e. The first-order chi connectivity index (χ1) is 5.69. The first-order valence-corrected chi connectivity index (χ1v) is 4.42. The summed E-state index contributed by atoms with van der Waals surface area (Å²) < 4.78 is 5.24. The lowest BCUT2D eigenvalue weighted by Gasteiger charge is -2.07. The van der Waals surface area contributed by atoms with Crippen molar-refractivity contribution in [2.24, 2.45) is 0 Å². The Kier molecular flexibility index (Phi) is 1.43. The predicted molar refractivity (Wildman–Crippen MR) is 46.9 cm³/mol. The van der Waals surface area contributed by atoms with Crippen LogP contribution in [0.1, 0.15) is 37.5 Å². The van der Waals surface area contributed by atoms with E-state index in [1.54, 1.807) is 0 Å². The lowest BCUT2D eigenvalue weighted by Crippen LogP contribution is -2.04. The van der Waals surface area contributed by atoms with Gasteiger partial charge in [0.05, 0.1) is 0 Å². The molecule has 1 aliphatic carbocycles. The Morgan fingerprint density at radius 2 is 2.25 bits per heavy atom. The van der Waals surface area contributed by atoms with E-state index >= 15 is 0 Å². The average molecular weight is 166 g/mol. The number of nitrogens with two attached hydrogens (primary N) is 1. The predicted octanol–water partition coefficient (Wildman–Crippen LogP) is 2.01. The zero-order chi connectivity index (χ0) is 8.77. The van der Waals surface area contributed by atoms with Crippen molar-refractivity contribution in [1.29, 1.82) is 0 Å². The van der Waals surface area contributed by atoms with Crippen molar-refractivity contribution in [3.05, 3.63) is 11.3 Å². The van der Waals surface area contributed by atoms with Crippen molar-refractivity contribution in [2.75, 3.05) is 5.73 Å². The molecule has 12 heavy (non-hydrogen) atoms. The van der Waals surface area contributed by atoms with Gasteiger partial charge in [-0.1, -0.05) is 12.1 Å². The number of hydrogen-bond donors (Lipinski definition) is 1. The number of rotatable bonds is 2. The normalized spacial score (nSPS) is 19.5. The van der Waals surface area contributed by atoms with E-state index in [0.717, 1.165) is 17.7 Å². The van der Waals surface area contributed by atoms with Crippen molar-refractivity contribution >= 4 is 5.82 Å². The summed E-state index contributed by atoms with van der Waals surface area (Å²) in [6.45, 7) is 4.17. The van der Waals surface area contributed by atoms with Gasteiger partial charge in [0.25, 0.3) is 0 Å². The highest BCUT2D eigenvalue weighted by Crippen LogP contribution is 2.52. The smallest absolute Gasteiger partial charge is 0.170 e. The lowest BCUT2D eigenvalue weighted by molar-refractivity contribution is 0.349. The van der Waals surface area contributed by atoms with Gasteiger partial charge in [-0.3, -0.25) is 0 Å². The zero-order valence-electron chi connectivity index (χ0n) is 7.55. The van der Waals surface area contributed by atoms with Crippen LogP contribution in [0.3, 0.4) is 0 Å². The standard InChI is InChI=1S/C9H14N2O/c1-3-9(4-5-9)7-6(2)8(10)11-12-7/h3-5H2,1-2H3,(H2,10,11). The molecule has 1 saturated carbocycles. The fraction of sp³-hybridized carbons (Fsp3) is 0.667. The molecule has 0 radical (unpaired) electrons. The molecular formula is C9H14N2O. The Hall–Kier alpha value is -0.990. The van der Waals surface area contributed by atoms with E-state index < -0.39 is 0 Å². The Morgan fingerprint density at radius 3 is 2.58 bits per heavy atom. The molecule has 0 saturated heterocycles. The van der Waals surface area contributed by atoms with Crippen LogP contribution in [0.15, 0.2) is 4.52 Å². The highest BCUT2D eigenvalue weighted by atomic mass is 16.5. The molecule has 1 fully saturated rings. The van der Waals surface area contributed by atoms with Gasteiger partial charge in [0.2, 0.25) is 0 Å². The zero-order valence-corrected chi connectivity index (χ0v) is 7.55. The third-order valence-electron chi connectivity index (χ3n) is 2.97. The fourth-order valence-corrected chi connectivity index (χ4v) is 1.73. The van der Waals surface area contributed by atoms with Gasteiger partial charge in [0.15, 0.2) is 5.82 Å². The molecule has 2 N–H and O–H groups in total. The third-order valence-corrected chi connectivity index (χ3v) is 2.97. The SMILES string of the molecule is CCC1(c2onc(N)c2C)CC1. The summed E-state index contributed by atoms with van der Waals surface area (Å²) in [5.41, 5.74) is 6.94. The van der Waals surface area contributed by atoms with Gasteiger partial charge in [-0.25, -0.2) is 0 Å². The third kappa shape index (κ3) is 0.854. The van der Waals surface area contributed by atoms with Crippen LogP contribution in [0.4, 0.5) is 5.82 Å². The van der Waals surface area contributed by atoms with Gasteiger partial charge < -0.3 is 10.3 Å². The molecule has 0 atom stereocenters. The summed E-state index contributed by atoms with van der Waals surface area (Å²) >= 11 is 0. The van der Waals surface area contributed by atoms with Crippen LogP contribution < -0.4 is 5.73 Å². The maximum atomic E-state index is 5.61. The summed E-state index contributed by atoms with van der Waals surface area (Å²) in [7, 11) is 0. The van der Waals surface area contributed by atoms with E-state index in [9.17, 15) is 0 Å². The van der Waals surface area contributed by atoms with Crippen molar-refractivity contribution in [2.45, 2.75) is 38.5 Å². The molecule has 1 heterocycles. The minimum atomic E-state index is 0.286. The average Bonchev–Trinajstić information content (AvgIpc) is 2.79. The molecule has 0 unspecified atom stereocenters. The number of hydrogen-bond acceptors (Lipinski definition) is 3. The minimum absolute atomic E-state index is 0.286. The highest BCUT2D eigenvalue weighted by molar-refractivity contribution is 5.43. The highest BCUT2D eigenvalue weighted by Gasteiger charge is 2.47. The molecular weight excluding hydrogens is 152 g/mol. The van der Waals surface area contributed by atoms with Gasteiger partial charge in [-0.15, -0.1) is 0 Å². The molecule has 1 aromatic heterocycles. The van der Waals surface area contributed by atoms with E-state index in [1.807, 2.05) is 6.92 Å². The van der Waals surface area contributed by atoms with E-state index in [-0.39, 0.29) is 5.41 Å². The Labute approximate surface area is 71.9 Å². The van der Waals surface area contributed by atoms with Crippen molar-refractivity contribution in [3.63, 3.8) is 0 Å². The second kappa shape index (κ2) is 2.25. The van der Waals surface area contributed by atoms with Crippen LogP contribution >= 0.6 is 0 Å². The van der Waals surface area contributed by atoms with Gasteiger partial charge in [-0.2, -0.15) is 0 Å². The van der Waals surface area contributed by atoms with Crippen LogP contribution in [-0.2, 0) is 5.41 Å². The first-order valence-electron chi connectivity index (χ1n) is 4.42. The molecule has 3 nitrogen and oxygen atoms in total. The molecule has 0 spiro atoms. The molecule has 0 aliphatic heterocycles. The van der Waals surface area contributed by atoms with Crippen LogP contribution in [-0.4, -0.2) is 5.16 Å². The second-order valence-corrected chi connectivity index (χ2v) is 3.66. The van der Waals surface area contributed by atoms with Crippen LogP contribution in [0.25, 0.3) is 0 Å². The van der Waals surface area contributed by atoms with Crippen LogP contribution in [0, 0.1) is 6.92 Å². The van der Waals surface area contributed by atoms with E-state index in [2.05, 4.69) is 12.1 Å². The number of anilines is 1. The summed E-state index contributed by atoms with van der Waals surface area (Å²) in [6, 6.07) is 0.